The fraction of sp³-hybridized carbons (Fsp3) is 0.364. The van der Waals surface area contributed by atoms with Gasteiger partial charge >= 0.3 is 5.97 Å². The fourth-order valence-corrected chi connectivity index (χ4v) is 3.56. The summed E-state index contributed by atoms with van der Waals surface area (Å²) < 4.78 is 20.8. The van der Waals surface area contributed by atoms with E-state index in [-0.39, 0.29) is 28.3 Å². The first-order valence-electron chi connectivity index (χ1n) is 9.93. The van der Waals surface area contributed by atoms with Gasteiger partial charge in [-0.05, 0) is 37.1 Å². The van der Waals surface area contributed by atoms with Gasteiger partial charge in [0, 0.05) is 24.7 Å². The molecule has 0 unspecified atom stereocenters. The second-order valence-corrected chi connectivity index (χ2v) is 7.07. The lowest BCUT2D eigenvalue weighted by molar-refractivity contribution is -0.384. The van der Waals surface area contributed by atoms with E-state index < -0.39 is 23.3 Å². The summed E-state index contributed by atoms with van der Waals surface area (Å²) in [4.78, 5) is 37.9. The van der Waals surface area contributed by atoms with Crippen molar-refractivity contribution in [1.82, 2.24) is 0 Å². The number of methoxy groups -OCH3 is 3. The second kappa shape index (κ2) is 9.99. The van der Waals surface area contributed by atoms with E-state index in [1.165, 1.54) is 45.6 Å². The SMILES string of the molecule is COc1cc(C(=O)COC(=O)c2ccc(N3CCCC3)c([N+](=O)[O-])c2)cc(OC)c1OC. The maximum absolute atomic E-state index is 12.6. The number of benzene rings is 2. The number of nitro groups is 1. The maximum atomic E-state index is 12.6. The van der Waals surface area contributed by atoms with Gasteiger partial charge in [0.2, 0.25) is 11.5 Å². The molecule has 0 N–H and O–H groups in total. The molecule has 0 aliphatic carbocycles. The van der Waals surface area contributed by atoms with Crippen LogP contribution in [-0.2, 0) is 4.74 Å². The Kier molecular flexibility index (Phi) is 7.14. The number of ketones is 1. The Bertz CT molecular complexity index is 1010. The molecule has 3 rings (SSSR count). The van der Waals surface area contributed by atoms with Crippen molar-refractivity contribution in [2.45, 2.75) is 12.8 Å². The minimum atomic E-state index is -0.832. The molecule has 1 aliphatic heterocycles. The lowest BCUT2D eigenvalue weighted by atomic mass is 10.1. The predicted octanol–water partition coefficient (Wildman–Crippen LogP) is 3.26. The Morgan fingerprint density at radius 2 is 1.59 bits per heavy atom. The van der Waals surface area contributed by atoms with E-state index in [9.17, 15) is 19.7 Å². The first-order valence-corrected chi connectivity index (χ1v) is 9.93. The Morgan fingerprint density at radius 3 is 2.12 bits per heavy atom. The Labute approximate surface area is 184 Å². The Balaban J connectivity index is 1.75. The number of rotatable bonds is 9. The van der Waals surface area contributed by atoms with Crippen LogP contribution in [-0.4, -0.2) is 57.7 Å². The summed E-state index contributed by atoms with van der Waals surface area (Å²) in [5, 5.41) is 11.5. The van der Waals surface area contributed by atoms with E-state index in [1.807, 2.05) is 4.90 Å². The number of nitro benzene ring substituents is 1. The number of ether oxygens (including phenoxy) is 4. The molecular weight excluding hydrogens is 420 g/mol. The van der Waals surface area contributed by atoms with Crippen molar-refractivity contribution >= 4 is 23.1 Å². The van der Waals surface area contributed by atoms with Gasteiger partial charge in [-0.15, -0.1) is 0 Å². The van der Waals surface area contributed by atoms with E-state index in [4.69, 9.17) is 18.9 Å². The molecule has 1 fully saturated rings. The number of hydrogen-bond donors (Lipinski definition) is 0. The van der Waals surface area contributed by atoms with Crippen molar-refractivity contribution in [1.29, 1.82) is 0 Å². The Morgan fingerprint density at radius 1 is 0.969 bits per heavy atom. The topological polar surface area (TPSA) is 117 Å². The number of nitrogens with zero attached hydrogens (tertiary/aromatic N) is 2. The zero-order chi connectivity index (χ0) is 23.3. The number of esters is 1. The van der Waals surface area contributed by atoms with E-state index >= 15 is 0 Å². The van der Waals surface area contributed by atoms with Gasteiger partial charge in [0.1, 0.15) is 5.69 Å². The first kappa shape index (κ1) is 22.9. The molecule has 1 heterocycles. The van der Waals surface area contributed by atoms with Gasteiger partial charge in [-0.1, -0.05) is 0 Å². The van der Waals surface area contributed by atoms with Crippen molar-refractivity contribution in [3.05, 3.63) is 51.6 Å². The van der Waals surface area contributed by atoms with Gasteiger partial charge in [-0.2, -0.15) is 0 Å². The van der Waals surface area contributed by atoms with Gasteiger partial charge in [0.05, 0.1) is 31.8 Å². The van der Waals surface area contributed by atoms with Crippen LogP contribution in [0.25, 0.3) is 0 Å². The first-order chi connectivity index (χ1) is 15.4. The summed E-state index contributed by atoms with van der Waals surface area (Å²) in [6, 6.07) is 7.09. The third-order valence-corrected chi connectivity index (χ3v) is 5.18. The van der Waals surface area contributed by atoms with Crippen LogP contribution in [0.4, 0.5) is 11.4 Å². The fourth-order valence-electron chi connectivity index (χ4n) is 3.56. The summed E-state index contributed by atoms with van der Waals surface area (Å²) in [5.41, 5.74) is 0.495. The van der Waals surface area contributed by atoms with Gasteiger partial charge in [0.15, 0.2) is 18.1 Å². The molecule has 10 nitrogen and oxygen atoms in total. The maximum Gasteiger partial charge on any atom is 0.338 e. The minimum absolute atomic E-state index is 0.00246. The second-order valence-electron chi connectivity index (χ2n) is 7.07. The van der Waals surface area contributed by atoms with Crippen LogP contribution in [0.2, 0.25) is 0 Å². The van der Waals surface area contributed by atoms with Crippen LogP contribution < -0.4 is 19.1 Å². The average molecular weight is 444 g/mol. The van der Waals surface area contributed by atoms with E-state index in [2.05, 4.69) is 0 Å². The highest BCUT2D eigenvalue weighted by atomic mass is 16.6. The van der Waals surface area contributed by atoms with E-state index in [0.717, 1.165) is 25.9 Å². The number of anilines is 1. The summed E-state index contributed by atoms with van der Waals surface area (Å²) in [6.07, 6.45) is 1.92. The van der Waals surface area contributed by atoms with Crippen molar-refractivity contribution < 1.29 is 33.5 Å². The van der Waals surface area contributed by atoms with Crippen LogP contribution in [0.1, 0.15) is 33.6 Å². The summed E-state index contributed by atoms with van der Waals surface area (Å²) >= 11 is 0. The molecule has 0 bridgehead atoms. The normalized spacial score (nSPS) is 12.9. The van der Waals surface area contributed by atoms with Crippen LogP contribution in [0, 0.1) is 10.1 Å². The molecule has 10 heteroatoms. The molecule has 0 amide bonds. The third-order valence-electron chi connectivity index (χ3n) is 5.18. The Hall–Kier alpha value is -3.82. The molecule has 2 aromatic carbocycles. The molecular formula is C22H24N2O8. The van der Waals surface area contributed by atoms with Crippen LogP contribution in [0.3, 0.4) is 0 Å². The van der Waals surface area contributed by atoms with Crippen LogP contribution in [0.5, 0.6) is 17.2 Å². The monoisotopic (exact) mass is 444 g/mol. The molecule has 32 heavy (non-hydrogen) atoms. The van der Waals surface area contributed by atoms with E-state index in [0.29, 0.717) is 11.4 Å². The number of Topliss-reactive ketones (excluding diaryl/α,β-unsaturated/α-hetero) is 1. The predicted molar refractivity (Wildman–Crippen MR) is 115 cm³/mol. The quantitative estimate of drug-likeness (QED) is 0.248. The molecule has 0 radical (unpaired) electrons. The molecule has 2 aromatic rings. The summed E-state index contributed by atoms with van der Waals surface area (Å²) in [6.45, 7) is 0.904. The zero-order valence-electron chi connectivity index (χ0n) is 18.1. The summed E-state index contributed by atoms with van der Waals surface area (Å²) in [5.74, 6) is -0.430. The average Bonchev–Trinajstić information content (AvgIpc) is 3.35. The molecule has 0 saturated carbocycles. The minimum Gasteiger partial charge on any atom is -0.493 e. The van der Waals surface area contributed by atoms with Crippen molar-refractivity contribution in [3.8, 4) is 17.2 Å². The highest BCUT2D eigenvalue weighted by Crippen LogP contribution is 2.38. The van der Waals surface area contributed by atoms with Crippen LogP contribution >= 0.6 is 0 Å². The summed E-state index contributed by atoms with van der Waals surface area (Å²) in [7, 11) is 4.28. The van der Waals surface area contributed by atoms with Gasteiger partial charge < -0.3 is 23.8 Å². The van der Waals surface area contributed by atoms with Gasteiger partial charge in [-0.25, -0.2) is 4.79 Å². The molecule has 1 aliphatic rings. The van der Waals surface area contributed by atoms with Gasteiger partial charge in [-0.3, -0.25) is 14.9 Å². The number of carbonyl (C=O) groups excluding carboxylic acids is 2. The molecule has 0 aromatic heterocycles. The van der Waals surface area contributed by atoms with Gasteiger partial charge in [0.25, 0.3) is 5.69 Å². The van der Waals surface area contributed by atoms with Crippen LogP contribution in [0.15, 0.2) is 30.3 Å². The van der Waals surface area contributed by atoms with Crippen molar-refractivity contribution in [3.63, 3.8) is 0 Å². The van der Waals surface area contributed by atoms with E-state index in [1.54, 1.807) is 6.07 Å². The standard InChI is InChI=1S/C22H24N2O8/c1-29-19-11-15(12-20(30-2)21(19)31-3)18(25)13-32-22(26)14-6-7-16(17(10-14)24(27)28)23-8-4-5-9-23/h6-7,10-12H,4-5,8-9,13H2,1-3H3. The number of carbonyl (C=O) groups is 2. The largest absolute Gasteiger partial charge is 0.493 e. The molecule has 1 saturated heterocycles. The lowest BCUT2D eigenvalue weighted by Gasteiger charge is -2.17. The highest BCUT2D eigenvalue weighted by molar-refractivity contribution is 6.00. The highest BCUT2D eigenvalue weighted by Gasteiger charge is 2.25. The van der Waals surface area contributed by atoms with Crippen molar-refractivity contribution in [2.24, 2.45) is 0 Å². The smallest absolute Gasteiger partial charge is 0.338 e. The lowest BCUT2D eigenvalue weighted by Crippen LogP contribution is -2.19. The van der Waals surface area contributed by atoms with Crippen molar-refractivity contribution in [2.75, 3.05) is 45.9 Å². The third kappa shape index (κ3) is 4.74. The molecule has 170 valence electrons. The molecule has 0 atom stereocenters. The molecule has 0 spiro atoms. The number of hydrogen-bond acceptors (Lipinski definition) is 9. The zero-order valence-corrected chi connectivity index (χ0v) is 18.1.